The molecule has 0 saturated carbocycles. The van der Waals surface area contributed by atoms with E-state index >= 15 is 0 Å². The second-order valence-electron chi connectivity index (χ2n) is 8.80. The van der Waals surface area contributed by atoms with Gasteiger partial charge in [-0.15, -0.1) is 11.3 Å². The highest BCUT2D eigenvalue weighted by Gasteiger charge is 2.23. The van der Waals surface area contributed by atoms with Crippen LogP contribution in [0.3, 0.4) is 0 Å². The summed E-state index contributed by atoms with van der Waals surface area (Å²) < 4.78 is 0.963. The number of hydrogen-bond donors (Lipinski definition) is 1. The van der Waals surface area contributed by atoms with E-state index in [1.165, 1.54) is 5.56 Å². The summed E-state index contributed by atoms with van der Waals surface area (Å²) in [7, 11) is 0. The van der Waals surface area contributed by atoms with Gasteiger partial charge in [0, 0.05) is 47.0 Å². The Morgan fingerprint density at radius 3 is 2.75 bits per heavy atom. The molecule has 0 radical (unpaired) electrons. The molecule has 6 rings (SSSR count). The molecule has 1 N–H and O–H groups in total. The minimum Gasteiger partial charge on any atom is -0.481 e. The summed E-state index contributed by atoms with van der Waals surface area (Å²) in [6.07, 6.45) is 6.42. The second-order valence-corrected chi connectivity index (χ2v) is 10.2. The Morgan fingerprint density at radius 1 is 1.11 bits per heavy atom. The summed E-state index contributed by atoms with van der Waals surface area (Å²) in [6.45, 7) is 2.80. The molecule has 4 heterocycles. The number of nitrogens with zero attached hydrogens (tertiary/aromatic N) is 4. The lowest BCUT2D eigenvalue weighted by Crippen LogP contribution is -2.14. The van der Waals surface area contributed by atoms with E-state index in [-0.39, 0.29) is 6.42 Å². The topological polar surface area (TPSA) is 79.2 Å². The minimum absolute atomic E-state index is 0.0599. The van der Waals surface area contributed by atoms with E-state index in [4.69, 9.17) is 16.6 Å². The van der Waals surface area contributed by atoms with Gasteiger partial charge in [-0.1, -0.05) is 23.7 Å². The molecular formula is C28H21ClN4O2S. The molecular weight excluding hydrogens is 492 g/mol. The first-order valence-electron chi connectivity index (χ1n) is 11.6. The van der Waals surface area contributed by atoms with Crippen molar-refractivity contribution in [2.75, 3.05) is 11.4 Å². The van der Waals surface area contributed by atoms with Crippen molar-refractivity contribution in [3.8, 4) is 21.7 Å². The molecule has 0 saturated heterocycles. The Hall–Kier alpha value is -3.81. The summed E-state index contributed by atoms with van der Waals surface area (Å²) in [5, 5.41) is 11.1. The third-order valence-corrected chi connectivity index (χ3v) is 7.90. The zero-order chi connectivity index (χ0) is 24.8. The monoisotopic (exact) mass is 512 g/mol. The number of halogens is 1. The van der Waals surface area contributed by atoms with Gasteiger partial charge in [0.15, 0.2) is 0 Å². The Labute approximate surface area is 216 Å². The molecule has 1 aliphatic heterocycles. The van der Waals surface area contributed by atoms with Gasteiger partial charge in [0.05, 0.1) is 16.6 Å². The Bertz CT molecular complexity index is 1630. The molecule has 3 aromatic heterocycles. The molecule has 1 aliphatic rings. The number of thiazole rings is 1. The molecule has 5 aromatic rings. The first-order chi connectivity index (χ1) is 17.5. The van der Waals surface area contributed by atoms with E-state index in [9.17, 15) is 9.90 Å². The van der Waals surface area contributed by atoms with Gasteiger partial charge in [0.2, 0.25) is 0 Å². The van der Waals surface area contributed by atoms with Gasteiger partial charge in [0.1, 0.15) is 10.8 Å². The number of aliphatic carboxylic acids is 1. The largest absolute Gasteiger partial charge is 0.481 e. The molecule has 8 heteroatoms. The van der Waals surface area contributed by atoms with Gasteiger partial charge in [-0.3, -0.25) is 9.78 Å². The summed E-state index contributed by atoms with van der Waals surface area (Å²) in [5.74, 6) is 0.00894. The van der Waals surface area contributed by atoms with Gasteiger partial charge in [-0.05, 0) is 72.0 Å². The molecule has 2 aromatic carbocycles. The third kappa shape index (κ3) is 4.00. The number of fused-ring (bicyclic) bond motifs is 2. The number of aryl methyl sites for hydroxylation is 1. The highest BCUT2D eigenvalue weighted by Crippen LogP contribution is 2.42. The molecule has 36 heavy (non-hydrogen) atoms. The van der Waals surface area contributed by atoms with Gasteiger partial charge in [0.25, 0.3) is 0 Å². The molecule has 178 valence electrons. The fraction of sp³-hybridized carbons (Fsp3) is 0.143. The van der Waals surface area contributed by atoms with Crippen LogP contribution in [0, 0.1) is 6.92 Å². The van der Waals surface area contributed by atoms with Crippen LogP contribution in [0.25, 0.3) is 31.9 Å². The average molecular weight is 513 g/mol. The first kappa shape index (κ1) is 22.6. The minimum atomic E-state index is -0.864. The molecule has 6 nitrogen and oxygen atoms in total. The van der Waals surface area contributed by atoms with Crippen LogP contribution >= 0.6 is 22.9 Å². The lowest BCUT2D eigenvalue weighted by atomic mass is 9.93. The Kier molecular flexibility index (Phi) is 5.66. The van der Waals surface area contributed by atoms with Gasteiger partial charge in [-0.25, -0.2) is 9.97 Å². The number of rotatable bonds is 5. The number of aromatic nitrogens is 3. The van der Waals surface area contributed by atoms with Crippen LogP contribution in [0.15, 0.2) is 67.1 Å². The highest BCUT2D eigenvalue weighted by atomic mass is 35.5. The summed E-state index contributed by atoms with van der Waals surface area (Å²) in [4.78, 5) is 27.8. The van der Waals surface area contributed by atoms with E-state index in [1.54, 1.807) is 11.3 Å². The van der Waals surface area contributed by atoms with Crippen molar-refractivity contribution in [1.82, 2.24) is 15.0 Å². The van der Waals surface area contributed by atoms with Crippen LogP contribution in [0.1, 0.15) is 16.7 Å². The number of carboxylic acids is 1. The Balaban J connectivity index is 1.49. The second kappa shape index (κ2) is 9.00. The first-order valence-corrected chi connectivity index (χ1v) is 12.7. The molecule has 0 amide bonds. The van der Waals surface area contributed by atoms with Crippen molar-refractivity contribution in [3.63, 3.8) is 0 Å². The molecule has 0 atom stereocenters. The number of pyridine rings is 2. The zero-order valence-corrected chi connectivity index (χ0v) is 21.0. The van der Waals surface area contributed by atoms with E-state index < -0.39 is 5.97 Å². The predicted octanol–water partition coefficient (Wildman–Crippen LogP) is 6.70. The molecule has 0 spiro atoms. The number of carbonyl (C=O) groups is 1. The lowest BCUT2D eigenvalue weighted by molar-refractivity contribution is -0.136. The normalized spacial score (nSPS) is 12.8. The van der Waals surface area contributed by atoms with Crippen LogP contribution < -0.4 is 4.90 Å². The van der Waals surface area contributed by atoms with Crippen molar-refractivity contribution in [1.29, 1.82) is 0 Å². The average Bonchev–Trinajstić information content (AvgIpc) is 3.49. The fourth-order valence-corrected chi connectivity index (χ4v) is 6.09. The van der Waals surface area contributed by atoms with Crippen LogP contribution in [0.4, 0.5) is 11.5 Å². The van der Waals surface area contributed by atoms with Crippen LogP contribution in [0.2, 0.25) is 5.02 Å². The van der Waals surface area contributed by atoms with Crippen molar-refractivity contribution in [3.05, 3.63) is 88.8 Å². The molecule has 0 aliphatic carbocycles. The van der Waals surface area contributed by atoms with E-state index in [2.05, 4.69) is 20.9 Å². The lowest BCUT2D eigenvalue weighted by Gasteiger charge is -2.18. The van der Waals surface area contributed by atoms with Gasteiger partial charge < -0.3 is 10.0 Å². The van der Waals surface area contributed by atoms with Crippen molar-refractivity contribution in [2.24, 2.45) is 0 Å². The van der Waals surface area contributed by atoms with Crippen LogP contribution in [-0.2, 0) is 17.6 Å². The predicted molar refractivity (Wildman–Crippen MR) is 144 cm³/mol. The molecule has 0 bridgehead atoms. The molecule has 0 unspecified atom stereocenters. The Morgan fingerprint density at radius 2 is 1.94 bits per heavy atom. The number of carboxylic acid groups (broad SMARTS) is 1. The third-order valence-electron chi connectivity index (χ3n) is 6.51. The SMILES string of the molecule is Cc1cc2nc(-c3ccnc(N4CCc5cnccc54)c3)sc2c(-c2ccc(Cl)cc2)c1CC(=O)O. The highest BCUT2D eigenvalue weighted by molar-refractivity contribution is 7.22. The molecule has 0 fully saturated rings. The number of benzene rings is 2. The van der Waals surface area contributed by atoms with Crippen molar-refractivity contribution in [2.45, 2.75) is 19.8 Å². The summed E-state index contributed by atoms with van der Waals surface area (Å²) >= 11 is 7.71. The standard InChI is InChI=1S/C28H21ClN4O2S/c1-16-12-22-27(26(21(16)14-25(34)35)17-2-4-20(29)5-3-17)36-28(32-22)18-6-10-31-24(13-18)33-11-8-19-15-30-9-7-23(19)33/h2-7,9-10,12-13,15H,8,11,14H2,1H3,(H,34,35). The van der Waals surface area contributed by atoms with Gasteiger partial charge in [-0.2, -0.15) is 0 Å². The van der Waals surface area contributed by atoms with E-state index in [1.807, 2.05) is 68.0 Å². The number of hydrogen-bond acceptors (Lipinski definition) is 6. The van der Waals surface area contributed by atoms with Crippen LogP contribution in [-0.4, -0.2) is 32.6 Å². The van der Waals surface area contributed by atoms with Crippen LogP contribution in [0.5, 0.6) is 0 Å². The maximum absolute atomic E-state index is 11.7. The van der Waals surface area contributed by atoms with Crippen molar-refractivity contribution < 1.29 is 9.90 Å². The number of anilines is 2. The van der Waals surface area contributed by atoms with E-state index in [0.717, 1.165) is 67.5 Å². The summed E-state index contributed by atoms with van der Waals surface area (Å²) in [6, 6.07) is 15.6. The summed E-state index contributed by atoms with van der Waals surface area (Å²) in [5.41, 5.74) is 7.72. The van der Waals surface area contributed by atoms with Crippen molar-refractivity contribution >= 4 is 50.6 Å². The fourth-order valence-electron chi connectivity index (χ4n) is 4.83. The smallest absolute Gasteiger partial charge is 0.307 e. The quantitative estimate of drug-likeness (QED) is 0.282. The maximum Gasteiger partial charge on any atom is 0.307 e. The van der Waals surface area contributed by atoms with Gasteiger partial charge >= 0.3 is 5.97 Å². The maximum atomic E-state index is 11.7. The van der Waals surface area contributed by atoms with E-state index in [0.29, 0.717) is 5.02 Å². The zero-order valence-electron chi connectivity index (χ0n) is 19.4.